The van der Waals surface area contributed by atoms with Gasteiger partial charge in [0.25, 0.3) is 5.91 Å². The van der Waals surface area contributed by atoms with Gasteiger partial charge in [-0.3, -0.25) is 4.79 Å². The van der Waals surface area contributed by atoms with E-state index in [2.05, 4.69) is 31.0 Å². The Hall–Kier alpha value is -2.86. The van der Waals surface area contributed by atoms with Crippen LogP contribution in [-0.4, -0.2) is 21.8 Å². The molecule has 26 heavy (non-hydrogen) atoms. The van der Waals surface area contributed by atoms with E-state index in [9.17, 15) is 9.90 Å². The van der Waals surface area contributed by atoms with E-state index in [0.717, 1.165) is 27.1 Å². The molecule has 0 aliphatic carbocycles. The molecule has 0 saturated carbocycles. The number of halogens is 1. The number of hydrogen-bond donors (Lipinski definition) is 2. The first-order valence-electron chi connectivity index (χ1n) is 8.03. The van der Waals surface area contributed by atoms with Gasteiger partial charge in [0.05, 0.1) is 11.8 Å². The maximum absolute atomic E-state index is 12.1. The van der Waals surface area contributed by atoms with E-state index in [-0.39, 0.29) is 11.3 Å². The average molecular weight is 412 g/mol. The molecule has 2 N–H and O–H groups in total. The fourth-order valence-corrected chi connectivity index (χ4v) is 3.06. The minimum absolute atomic E-state index is 0.0754. The molecule has 0 unspecified atom stereocenters. The molecule has 0 radical (unpaired) electrons. The van der Waals surface area contributed by atoms with Crippen molar-refractivity contribution < 1.29 is 9.90 Å². The highest BCUT2D eigenvalue weighted by molar-refractivity contribution is 9.10. The molecule has 0 aliphatic heterocycles. The van der Waals surface area contributed by atoms with Crippen LogP contribution in [0, 0.1) is 13.8 Å². The van der Waals surface area contributed by atoms with Crippen LogP contribution in [0.15, 0.2) is 64.2 Å². The van der Waals surface area contributed by atoms with Crippen LogP contribution in [-0.2, 0) is 0 Å². The van der Waals surface area contributed by atoms with Crippen molar-refractivity contribution in [1.29, 1.82) is 0 Å². The topological polar surface area (TPSA) is 66.6 Å². The number of hydrazone groups is 1. The molecule has 2 aromatic carbocycles. The molecular weight excluding hydrogens is 394 g/mol. The van der Waals surface area contributed by atoms with E-state index in [1.807, 2.05) is 44.2 Å². The summed E-state index contributed by atoms with van der Waals surface area (Å²) in [6, 6.07) is 16.4. The van der Waals surface area contributed by atoms with E-state index >= 15 is 0 Å². The lowest BCUT2D eigenvalue weighted by atomic mass is 10.2. The summed E-state index contributed by atoms with van der Waals surface area (Å²) in [6.45, 7) is 4.02. The Kier molecular flexibility index (Phi) is 5.23. The van der Waals surface area contributed by atoms with Gasteiger partial charge in [-0.15, -0.1) is 0 Å². The smallest absolute Gasteiger partial charge is 0.275 e. The number of phenols is 1. The summed E-state index contributed by atoms with van der Waals surface area (Å²) in [6.07, 6.45) is 1.61. The summed E-state index contributed by atoms with van der Waals surface area (Å²) in [5.74, 6) is -0.533. The number of para-hydroxylation sites is 1. The number of carbonyl (C=O) groups is 1. The number of aromatic hydroxyl groups is 1. The molecule has 1 heterocycles. The van der Waals surface area contributed by atoms with E-state index in [1.54, 1.807) is 24.4 Å². The van der Waals surface area contributed by atoms with Gasteiger partial charge in [0.1, 0.15) is 5.75 Å². The van der Waals surface area contributed by atoms with Crippen LogP contribution in [0.5, 0.6) is 5.75 Å². The van der Waals surface area contributed by atoms with Gasteiger partial charge in [0.2, 0.25) is 0 Å². The molecular formula is C20H18BrN3O2. The van der Waals surface area contributed by atoms with E-state index < -0.39 is 5.91 Å². The van der Waals surface area contributed by atoms with Crippen molar-refractivity contribution in [3.8, 4) is 11.4 Å². The van der Waals surface area contributed by atoms with Crippen molar-refractivity contribution in [2.75, 3.05) is 0 Å². The van der Waals surface area contributed by atoms with Gasteiger partial charge in [0.15, 0.2) is 0 Å². The number of amides is 1. The molecule has 0 atom stereocenters. The van der Waals surface area contributed by atoms with Crippen molar-refractivity contribution >= 4 is 28.1 Å². The van der Waals surface area contributed by atoms with E-state index in [1.165, 1.54) is 6.07 Å². The number of aromatic nitrogens is 1. The van der Waals surface area contributed by atoms with Crippen LogP contribution in [0.25, 0.3) is 5.69 Å². The van der Waals surface area contributed by atoms with Gasteiger partial charge in [0, 0.05) is 27.1 Å². The molecule has 3 rings (SSSR count). The first-order valence-corrected chi connectivity index (χ1v) is 8.83. The van der Waals surface area contributed by atoms with Gasteiger partial charge < -0.3 is 9.67 Å². The van der Waals surface area contributed by atoms with Crippen LogP contribution < -0.4 is 5.43 Å². The lowest BCUT2D eigenvalue weighted by Gasteiger charge is -2.09. The van der Waals surface area contributed by atoms with Crippen LogP contribution in [0.4, 0.5) is 0 Å². The van der Waals surface area contributed by atoms with Crippen LogP contribution >= 0.6 is 15.9 Å². The number of benzene rings is 2. The Morgan fingerprint density at radius 2 is 1.85 bits per heavy atom. The summed E-state index contributed by atoms with van der Waals surface area (Å²) in [5, 5.41) is 13.7. The minimum atomic E-state index is -0.457. The standard InChI is InChI=1S/C20H18BrN3O2/c1-13-11-15(14(2)24(13)17-9-7-16(21)8-10-17)12-22-23-20(26)18-5-3-4-6-19(18)25/h3-12,25H,1-2H3,(H,23,26)/b22-12+. The van der Waals surface area contributed by atoms with E-state index in [4.69, 9.17) is 0 Å². The fourth-order valence-electron chi connectivity index (χ4n) is 2.79. The number of carbonyl (C=O) groups excluding carboxylic acids is 1. The summed E-state index contributed by atoms with van der Waals surface area (Å²) in [7, 11) is 0. The predicted octanol–water partition coefficient (Wildman–Crippen LogP) is 4.33. The molecule has 1 amide bonds. The molecule has 0 bridgehead atoms. The Morgan fingerprint density at radius 1 is 1.15 bits per heavy atom. The highest BCUT2D eigenvalue weighted by atomic mass is 79.9. The maximum Gasteiger partial charge on any atom is 0.275 e. The second-order valence-electron chi connectivity index (χ2n) is 5.85. The van der Waals surface area contributed by atoms with Gasteiger partial charge in [-0.25, -0.2) is 5.43 Å². The van der Waals surface area contributed by atoms with Crippen molar-refractivity contribution in [3.05, 3.63) is 81.6 Å². The molecule has 0 fully saturated rings. The molecule has 6 heteroatoms. The Bertz CT molecular complexity index is 975. The molecule has 5 nitrogen and oxygen atoms in total. The van der Waals surface area contributed by atoms with Crippen molar-refractivity contribution in [2.45, 2.75) is 13.8 Å². The largest absolute Gasteiger partial charge is 0.507 e. The fraction of sp³-hybridized carbons (Fsp3) is 0.100. The molecule has 0 aliphatic rings. The lowest BCUT2D eigenvalue weighted by Crippen LogP contribution is -2.17. The molecule has 1 aromatic heterocycles. The molecule has 3 aromatic rings. The predicted molar refractivity (Wildman–Crippen MR) is 106 cm³/mol. The number of aryl methyl sites for hydroxylation is 1. The first-order chi connectivity index (χ1) is 12.5. The number of phenolic OH excluding ortho intramolecular Hbond substituents is 1. The minimum Gasteiger partial charge on any atom is -0.507 e. The third-order valence-corrected chi connectivity index (χ3v) is 4.60. The second kappa shape index (κ2) is 7.58. The molecule has 0 saturated heterocycles. The van der Waals surface area contributed by atoms with Crippen LogP contribution in [0.3, 0.4) is 0 Å². The average Bonchev–Trinajstić information content (AvgIpc) is 2.90. The number of nitrogens with zero attached hydrogens (tertiary/aromatic N) is 2. The summed E-state index contributed by atoms with van der Waals surface area (Å²) in [5.41, 5.74) is 6.68. The van der Waals surface area contributed by atoms with Crippen molar-refractivity contribution in [1.82, 2.24) is 9.99 Å². The number of rotatable bonds is 4. The zero-order chi connectivity index (χ0) is 18.7. The normalized spacial score (nSPS) is 11.0. The first kappa shape index (κ1) is 17.9. The van der Waals surface area contributed by atoms with Gasteiger partial charge in [-0.05, 0) is 56.3 Å². The van der Waals surface area contributed by atoms with Crippen LogP contribution in [0.1, 0.15) is 27.3 Å². The zero-order valence-corrected chi connectivity index (χ0v) is 16.0. The summed E-state index contributed by atoms with van der Waals surface area (Å²) < 4.78 is 3.15. The second-order valence-corrected chi connectivity index (χ2v) is 6.77. The van der Waals surface area contributed by atoms with Crippen molar-refractivity contribution in [3.63, 3.8) is 0 Å². The third-order valence-electron chi connectivity index (χ3n) is 4.07. The van der Waals surface area contributed by atoms with Crippen LogP contribution in [0.2, 0.25) is 0 Å². The van der Waals surface area contributed by atoms with E-state index in [0.29, 0.717) is 0 Å². The highest BCUT2D eigenvalue weighted by Gasteiger charge is 2.11. The Balaban J connectivity index is 1.79. The Morgan fingerprint density at radius 3 is 2.54 bits per heavy atom. The monoisotopic (exact) mass is 411 g/mol. The number of nitrogens with one attached hydrogen (secondary N) is 1. The number of hydrogen-bond acceptors (Lipinski definition) is 3. The summed E-state index contributed by atoms with van der Waals surface area (Å²) >= 11 is 3.44. The quantitative estimate of drug-likeness (QED) is 0.495. The van der Waals surface area contributed by atoms with Gasteiger partial charge in [-0.1, -0.05) is 28.1 Å². The highest BCUT2D eigenvalue weighted by Crippen LogP contribution is 2.21. The third kappa shape index (κ3) is 3.70. The van der Waals surface area contributed by atoms with Gasteiger partial charge >= 0.3 is 0 Å². The zero-order valence-electron chi connectivity index (χ0n) is 14.4. The molecule has 0 spiro atoms. The van der Waals surface area contributed by atoms with Crippen molar-refractivity contribution in [2.24, 2.45) is 5.10 Å². The SMILES string of the molecule is Cc1cc(/C=N/NC(=O)c2ccccc2O)c(C)n1-c1ccc(Br)cc1. The van der Waals surface area contributed by atoms with Gasteiger partial charge in [-0.2, -0.15) is 5.10 Å². The maximum atomic E-state index is 12.1. The summed E-state index contributed by atoms with van der Waals surface area (Å²) in [4.78, 5) is 12.1. The lowest BCUT2D eigenvalue weighted by molar-refractivity contribution is 0.0952. The Labute approximate surface area is 160 Å². The molecule has 132 valence electrons.